The van der Waals surface area contributed by atoms with Crippen LogP contribution in [0.15, 0.2) is 6.33 Å². The van der Waals surface area contributed by atoms with E-state index in [0.29, 0.717) is 6.42 Å². The van der Waals surface area contributed by atoms with Gasteiger partial charge in [-0.05, 0) is 20.3 Å². The zero-order chi connectivity index (χ0) is 9.68. The summed E-state index contributed by atoms with van der Waals surface area (Å²) in [5.74, 6) is 1.21. The largest absolute Gasteiger partial charge is 0.300 e. The lowest BCUT2D eigenvalue weighted by Crippen LogP contribution is -2.04. The van der Waals surface area contributed by atoms with Crippen molar-refractivity contribution in [2.24, 2.45) is 0 Å². The van der Waals surface area contributed by atoms with Gasteiger partial charge in [-0.15, -0.1) is 0 Å². The molecule has 0 aromatic carbocycles. The molecule has 1 heterocycles. The minimum atomic E-state index is 0.238. The SMILES string of the molecule is CCn1ncnc1CCCC(C)=O. The van der Waals surface area contributed by atoms with Crippen LogP contribution in [0.2, 0.25) is 0 Å². The zero-order valence-corrected chi connectivity index (χ0v) is 8.16. The normalized spacial score (nSPS) is 10.3. The first-order chi connectivity index (χ1) is 6.24. The molecule has 0 aliphatic heterocycles. The Balaban J connectivity index is 2.40. The van der Waals surface area contributed by atoms with E-state index in [4.69, 9.17) is 0 Å². The minimum absolute atomic E-state index is 0.238. The van der Waals surface area contributed by atoms with Gasteiger partial charge in [-0.1, -0.05) is 0 Å². The number of rotatable bonds is 5. The van der Waals surface area contributed by atoms with Crippen molar-refractivity contribution in [3.63, 3.8) is 0 Å². The summed E-state index contributed by atoms with van der Waals surface area (Å²) in [6.07, 6.45) is 3.91. The number of carbonyl (C=O) groups excluding carboxylic acids is 1. The summed E-state index contributed by atoms with van der Waals surface area (Å²) in [5, 5.41) is 4.05. The number of hydrogen-bond donors (Lipinski definition) is 0. The topological polar surface area (TPSA) is 47.8 Å². The molecule has 1 aromatic heterocycles. The van der Waals surface area contributed by atoms with Crippen LogP contribution in [0.25, 0.3) is 0 Å². The highest BCUT2D eigenvalue weighted by molar-refractivity contribution is 5.75. The third kappa shape index (κ3) is 2.97. The first kappa shape index (κ1) is 9.89. The minimum Gasteiger partial charge on any atom is -0.300 e. The predicted molar refractivity (Wildman–Crippen MR) is 49.3 cm³/mol. The molecule has 13 heavy (non-hydrogen) atoms. The van der Waals surface area contributed by atoms with Crippen LogP contribution >= 0.6 is 0 Å². The van der Waals surface area contributed by atoms with Crippen molar-refractivity contribution in [2.75, 3.05) is 0 Å². The summed E-state index contributed by atoms with van der Waals surface area (Å²) < 4.78 is 1.86. The predicted octanol–water partition coefficient (Wildman–Crippen LogP) is 1.21. The van der Waals surface area contributed by atoms with Crippen molar-refractivity contribution < 1.29 is 4.79 Å². The summed E-state index contributed by atoms with van der Waals surface area (Å²) in [6, 6.07) is 0. The number of Topliss-reactive ketones (excluding diaryl/α,β-unsaturated/α-hetero) is 1. The molecular weight excluding hydrogens is 166 g/mol. The smallest absolute Gasteiger partial charge is 0.138 e. The fourth-order valence-corrected chi connectivity index (χ4v) is 1.24. The van der Waals surface area contributed by atoms with Crippen LogP contribution in [0.1, 0.15) is 32.5 Å². The second-order valence-electron chi connectivity index (χ2n) is 3.05. The summed E-state index contributed by atoms with van der Waals surface area (Å²) in [7, 11) is 0. The van der Waals surface area contributed by atoms with Crippen LogP contribution in [-0.2, 0) is 17.8 Å². The average Bonchev–Trinajstić information content (AvgIpc) is 2.51. The van der Waals surface area contributed by atoms with Crippen LogP contribution in [0.4, 0.5) is 0 Å². The number of carbonyl (C=O) groups is 1. The Morgan fingerprint density at radius 2 is 2.38 bits per heavy atom. The van der Waals surface area contributed by atoms with E-state index in [1.54, 1.807) is 13.3 Å². The van der Waals surface area contributed by atoms with Gasteiger partial charge in [0.2, 0.25) is 0 Å². The molecule has 0 bridgehead atoms. The Morgan fingerprint density at radius 3 is 3.00 bits per heavy atom. The first-order valence-corrected chi connectivity index (χ1v) is 4.60. The third-order valence-corrected chi connectivity index (χ3v) is 1.92. The second kappa shape index (κ2) is 4.74. The summed E-state index contributed by atoms with van der Waals surface area (Å²) in [4.78, 5) is 14.8. The van der Waals surface area contributed by atoms with E-state index in [9.17, 15) is 4.79 Å². The molecule has 0 atom stereocenters. The highest BCUT2D eigenvalue weighted by atomic mass is 16.1. The van der Waals surface area contributed by atoms with E-state index in [2.05, 4.69) is 10.1 Å². The summed E-state index contributed by atoms with van der Waals surface area (Å²) >= 11 is 0. The van der Waals surface area contributed by atoms with Gasteiger partial charge in [0.25, 0.3) is 0 Å². The average molecular weight is 181 g/mol. The van der Waals surface area contributed by atoms with E-state index in [1.165, 1.54) is 0 Å². The molecule has 0 amide bonds. The van der Waals surface area contributed by atoms with Gasteiger partial charge in [0.1, 0.15) is 17.9 Å². The Bertz CT molecular complexity index is 280. The number of ketones is 1. The highest BCUT2D eigenvalue weighted by Crippen LogP contribution is 2.01. The van der Waals surface area contributed by atoms with Crippen molar-refractivity contribution in [3.05, 3.63) is 12.2 Å². The maximum Gasteiger partial charge on any atom is 0.138 e. The van der Waals surface area contributed by atoms with E-state index in [-0.39, 0.29) is 5.78 Å². The zero-order valence-electron chi connectivity index (χ0n) is 8.16. The van der Waals surface area contributed by atoms with Crippen LogP contribution in [0.5, 0.6) is 0 Å². The lowest BCUT2D eigenvalue weighted by Gasteiger charge is -2.00. The van der Waals surface area contributed by atoms with Gasteiger partial charge in [-0.2, -0.15) is 5.10 Å². The molecule has 0 N–H and O–H groups in total. The van der Waals surface area contributed by atoms with E-state index < -0.39 is 0 Å². The van der Waals surface area contributed by atoms with Crippen molar-refractivity contribution >= 4 is 5.78 Å². The van der Waals surface area contributed by atoms with Crippen LogP contribution in [0.3, 0.4) is 0 Å². The molecule has 0 aliphatic rings. The van der Waals surface area contributed by atoms with Gasteiger partial charge in [0.15, 0.2) is 0 Å². The monoisotopic (exact) mass is 181 g/mol. The van der Waals surface area contributed by atoms with Crippen LogP contribution in [0, 0.1) is 0 Å². The van der Waals surface area contributed by atoms with Gasteiger partial charge in [-0.3, -0.25) is 4.68 Å². The molecule has 4 heteroatoms. The lowest BCUT2D eigenvalue weighted by molar-refractivity contribution is -0.117. The van der Waals surface area contributed by atoms with Crippen molar-refractivity contribution in [1.29, 1.82) is 0 Å². The molecule has 0 spiro atoms. The highest BCUT2D eigenvalue weighted by Gasteiger charge is 2.02. The molecule has 0 saturated heterocycles. The van der Waals surface area contributed by atoms with Gasteiger partial charge in [0.05, 0.1) is 0 Å². The van der Waals surface area contributed by atoms with Gasteiger partial charge in [-0.25, -0.2) is 4.98 Å². The number of aromatic nitrogens is 3. The Kier molecular flexibility index (Phi) is 3.61. The molecule has 72 valence electrons. The quantitative estimate of drug-likeness (QED) is 0.686. The van der Waals surface area contributed by atoms with Crippen molar-refractivity contribution in [1.82, 2.24) is 14.8 Å². The van der Waals surface area contributed by atoms with E-state index in [1.807, 2.05) is 11.6 Å². The standard InChI is InChI=1S/C9H15N3O/c1-3-12-9(10-7-11-12)6-4-5-8(2)13/h7H,3-6H2,1-2H3. The van der Waals surface area contributed by atoms with Crippen molar-refractivity contribution in [3.8, 4) is 0 Å². The number of aryl methyl sites for hydroxylation is 2. The second-order valence-corrected chi connectivity index (χ2v) is 3.05. The molecular formula is C9H15N3O. The molecule has 0 radical (unpaired) electrons. The molecule has 0 fully saturated rings. The molecule has 1 aromatic rings. The number of hydrogen-bond acceptors (Lipinski definition) is 3. The van der Waals surface area contributed by atoms with Gasteiger partial charge < -0.3 is 4.79 Å². The molecule has 1 rings (SSSR count). The molecule has 0 aliphatic carbocycles. The third-order valence-electron chi connectivity index (χ3n) is 1.92. The Hall–Kier alpha value is -1.19. The Labute approximate surface area is 78.0 Å². The molecule has 0 unspecified atom stereocenters. The fourth-order valence-electron chi connectivity index (χ4n) is 1.24. The van der Waals surface area contributed by atoms with Gasteiger partial charge in [0, 0.05) is 19.4 Å². The van der Waals surface area contributed by atoms with E-state index >= 15 is 0 Å². The maximum absolute atomic E-state index is 10.7. The molecule has 0 saturated carbocycles. The maximum atomic E-state index is 10.7. The number of nitrogens with zero attached hydrogens (tertiary/aromatic N) is 3. The Morgan fingerprint density at radius 1 is 1.62 bits per heavy atom. The van der Waals surface area contributed by atoms with Crippen LogP contribution in [-0.4, -0.2) is 20.5 Å². The first-order valence-electron chi connectivity index (χ1n) is 4.60. The fraction of sp³-hybridized carbons (Fsp3) is 0.667. The van der Waals surface area contributed by atoms with Crippen molar-refractivity contribution in [2.45, 2.75) is 39.7 Å². The summed E-state index contributed by atoms with van der Waals surface area (Å²) in [5.41, 5.74) is 0. The molecule has 4 nitrogen and oxygen atoms in total. The van der Waals surface area contributed by atoms with Crippen LogP contribution < -0.4 is 0 Å². The van der Waals surface area contributed by atoms with Gasteiger partial charge >= 0.3 is 0 Å². The van der Waals surface area contributed by atoms with E-state index in [0.717, 1.165) is 25.2 Å². The lowest BCUT2D eigenvalue weighted by atomic mass is 10.2. The summed E-state index contributed by atoms with van der Waals surface area (Å²) in [6.45, 7) is 4.49.